The van der Waals surface area contributed by atoms with Crippen molar-refractivity contribution in [2.45, 2.75) is 42.7 Å². The molecule has 0 bridgehead atoms. The number of nitrogens with zero attached hydrogens (tertiary/aromatic N) is 1. The van der Waals surface area contributed by atoms with E-state index < -0.39 is 27.8 Å². The lowest BCUT2D eigenvalue weighted by Gasteiger charge is -2.26. The molecule has 0 radical (unpaired) electrons. The summed E-state index contributed by atoms with van der Waals surface area (Å²) in [5.41, 5.74) is 6.53. The summed E-state index contributed by atoms with van der Waals surface area (Å²) in [6.07, 6.45) is 2.15. The van der Waals surface area contributed by atoms with Gasteiger partial charge in [0.1, 0.15) is 11.9 Å². The number of carbonyl (C=O) groups is 2. The zero-order chi connectivity index (χ0) is 21.9. The molecule has 3 N–H and O–H groups in total. The molecule has 1 aliphatic carbocycles. The summed E-state index contributed by atoms with van der Waals surface area (Å²) >= 11 is 0. The normalized spacial score (nSPS) is 14.9. The van der Waals surface area contributed by atoms with E-state index >= 15 is 0 Å². The van der Waals surface area contributed by atoms with Crippen LogP contribution in [0.3, 0.4) is 0 Å². The smallest absolute Gasteiger partial charge is 0.244 e. The highest BCUT2D eigenvalue weighted by Gasteiger charge is 2.28. The number of likely N-dealkylation sites (N-methyl/N-ethyl adjacent to an activating group) is 1. The highest BCUT2D eigenvalue weighted by Crippen LogP contribution is 2.23. The van der Waals surface area contributed by atoms with Crippen molar-refractivity contribution in [1.82, 2.24) is 9.62 Å². The van der Waals surface area contributed by atoms with E-state index in [1.165, 1.54) is 48.3 Å². The highest BCUT2D eigenvalue weighted by atomic mass is 32.2. The number of rotatable bonds is 9. The number of nitrogens with one attached hydrogen (secondary N) is 1. The molecule has 2 aromatic rings. The molecule has 0 saturated heterocycles. The van der Waals surface area contributed by atoms with Crippen molar-refractivity contribution in [1.29, 1.82) is 0 Å². The van der Waals surface area contributed by atoms with Crippen LogP contribution >= 0.6 is 0 Å². The van der Waals surface area contributed by atoms with E-state index in [1.807, 2.05) is 0 Å². The molecule has 2 aromatic carbocycles. The molecule has 160 valence electrons. The number of hydrogen-bond acceptors (Lipinski definition) is 4. The zero-order valence-corrected chi connectivity index (χ0v) is 17.4. The third-order valence-electron chi connectivity index (χ3n) is 4.97. The van der Waals surface area contributed by atoms with Crippen molar-refractivity contribution in [3.8, 4) is 0 Å². The van der Waals surface area contributed by atoms with Gasteiger partial charge in [0.05, 0.1) is 4.90 Å². The average Bonchev–Trinajstić information content (AvgIpc) is 3.49. The maximum Gasteiger partial charge on any atom is 0.244 e. The van der Waals surface area contributed by atoms with Crippen LogP contribution < -0.4 is 10.5 Å². The van der Waals surface area contributed by atoms with E-state index in [9.17, 15) is 22.4 Å². The Morgan fingerprint density at radius 2 is 1.87 bits per heavy atom. The maximum atomic E-state index is 13.5. The van der Waals surface area contributed by atoms with Crippen LogP contribution in [0.25, 0.3) is 0 Å². The summed E-state index contributed by atoms with van der Waals surface area (Å²) in [7, 11) is -2.07. The van der Waals surface area contributed by atoms with Crippen molar-refractivity contribution in [3.05, 3.63) is 65.5 Å². The first-order chi connectivity index (χ1) is 14.2. The van der Waals surface area contributed by atoms with E-state index in [4.69, 9.17) is 5.73 Å². The fourth-order valence-corrected chi connectivity index (χ4v) is 4.46. The molecule has 0 spiro atoms. The molecule has 1 aliphatic rings. The number of nitrogens with two attached hydrogens (primary N) is 1. The molecule has 30 heavy (non-hydrogen) atoms. The second-order valence-corrected chi connectivity index (χ2v) is 9.12. The first-order valence-electron chi connectivity index (χ1n) is 9.59. The van der Waals surface area contributed by atoms with Crippen LogP contribution in [-0.4, -0.2) is 38.2 Å². The summed E-state index contributed by atoms with van der Waals surface area (Å²) < 4.78 is 40.5. The van der Waals surface area contributed by atoms with Gasteiger partial charge in [0.15, 0.2) is 0 Å². The molecular weight excluding hydrogens is 409 g/mol. The predicted molar refractivity (Wildman–Crippen MR) is 109 cm³/mol. The summed E-state index contributed by atoms with van der Waals surface area (Å²) in [6.45, 7) is 0. The number of halogens is 1. The minimum atomic E-state index is -3.52. The lowest BCUT2D eigenvalue weighted by molar-refractivity contribution is -0.138. The zero-order valence-electron chi connectivity index (χ0n) is 16.5. The maximum absolute atomic E-state index is 13.5. The first-order valence-corrected chi connectivity index (χ1v) is 11.1. The number of primary amides is 1. The molecule has 7 nitrogen and oxygen atoms in total. The van der Waals surface area contributed by atoms with Gasteiger partial charge < -0.3 is 10.6 Å². The number of aryl methyl sites for hydroxylation is 1. The van der Waals surface area contributed by atoms with Gasteiger partial charge in [-0.3, -0.25) is 9.59 Å². The number of amides is 2. The van der Waals surface area contributed by atoms with Crippen LogP contribution in [0.2, 0.25) is 0 Å². The summed E-state index contributed by atoms with van der Waals surface area (Å²) in [5, 5.41) is 0. The first kappa shape index (κ1) is 21.9. The monoisotopic (exact) mass is 433 g/mol. The van der Waals surface area contributed by atoms with E-state index in [0.717, 1.165) is 18.4 Å². The summed E-state index contributed by atoms with van der Waals surface area (Å²) in [5.74, 6) is -1.62. The van der Waals surface area contributed by atoms with Crippen molar-refractivity contribution >= 4 is 21.8 Å². The van der Waals surface area contributed by atoms with Gasteiger partial charge in [-0.05, 0) is 54.7 Å². The third-order valence-corrected chi connectivity index (χ3v) is 6.51. The van der Waals surface area contributed by atoms with Crippen LogP contribution in [-0.2, 0) is 26.0 Å². The van der Waals surface area contributed by atoms with E-state index in [1.54, 1.807) is 12.1 Å². The molecule has 1 fully saturated rings. The van der Waals surface area contributed by atoms with Crippen LogP contribution in [0.4, 0.5) is 4.39 Å². The summed E-state index contributed by atoms with van der Waals surface area (Å²) in [6, 6.07) is 10.7. The van der Waals surface area contributed by atoms with Crippen LogP contribution in [0.5, 0.6) is 0 Å². The fourth-order valence-electron chi connectivity index (χ4n) is 3.15. The molecule has 1 atom stereocenters. The topological polar surface area (TPSA) is 110 Å². The highest BCUT2D eigenvalue weighted by molar-refractivity contribution is 7.89. The van der Waals surface area contributed by atoms with Crippen molar-refractivity contribution in [2.75, 3.05) is 7.05 Å². The van der Waals surface area contributed by atoms with Crippen LogP contribution in [0.1, 0.15) is 36.4 Å². The lowest BCUT2D eigenvalue weighted by Crippen LogP contribution is -2.39. The van der Waals surface area contributed by atoms with Gasteiger partial charge in [-0.15, -0.1) is 0 Å². The van der Waals surface area contributed by atoms with E-state index in [2.05, 4.69) is 4.72 Å². The largest absolute Gasteiger partial charge is 0.368 e. The molecular formula is C21H24FN3O4S. The van der Waals surface area contributed by atoms with Crippen molar-refractivity contribution in [3.63, 3.8) is 0 Å². The SMILES string of the molecule is CN(C(=O)CCc1ccc(S(=O)(=O)NC2CC2)cc1)C(C(N)=O)c1cccc(F)c1. The van der Waals surface area contributed by atoms with E-state index in [-0.39, 0.29) is 23.3 Å². The minimum Gasteiger partial charge on any atom is -0.368 e. The Balaban J connectivity index is 1.63. The Morgan fingerprint density at radius 3 is 2.43 bits per heavy atom. The predicted octanol–water partition coefficient (Wildman–Crippen LogP) is 1.88. The fraction of sp³-hybridized carbons (Fsp3) is 0.333. The van der Waals surface area contributed by atoms with Crippen molar-refractivity contribution < 1.29 is 22.4 Å². The van der Waals surface area contributed by atoms with Gasteiger partial charge in [-0.1, -0.05) is 24.3 Å². The second-order valence-electron chi connectivity index (χ2n) is 7.40. The minimum absolute atomic E-state index is 0.0270. The van der Waals surface area contributed by atoms with Crippen LogP contribution in [0.15, 0.2) is 53.4 Å². The number of sulfonamides is 1. The molecule has 2 amide bonds. The average molecular weight is 434 g/mol. The standard InChI is InChI=1S/C21H24FN3O4S/c1-25(20(21(23)27)15-3-2-4-16(22)13-15)19(26)12-7-14-5-10-18(11-6-14)30(28,29)24-17-8-9-17/h2-6,10-11,13,17,20,24H,7-9,12H2,1H3,(H2,23,27). The van der Waals surface area contributed by atoms with Gasteiger partial charge in [0.2, 0.25) is 21.8 Å². The Kier molecular flexibility index (Phi) is 6.52. The molecule has 1 saturated carbocycles. The second kappa shape index (κ2) is 8.93. The Morgan fingerprint density at radius 1 is 1.20 bits per heavy atom. The molecule has 1 unspecified atom stereocenters. The van der Waals surface area contributed by atoms with Gasteiger partial charge >= 0.3 is 0 Å². The quantitative estimate of drug-likeness (QED) is 0.629. The summed E-state index contributed by atoms with van der Waals surface area (Å²) in [4.78, 5) is 25.9. The Hall–Kier alpha value is -2.78. The molecule has 3 rings (SSSR count). The molecule has 0 aromatic heterocycles. The molecule has 0 heterocycles. The van der Waals surface area contributed by atoms with Crippen LogP contribution in [0, 0.1) is 5.82 Å². The Labute approximate surface area is 175 Å². The van der Waals surface area contributed by atoms with Crippen molar-refractivity contribution in [2.24, 2.45) is 5.73 Å². The lowest BCUT2D eigenvalue weighted by atomic mass is 10.0. The van der Waals surface area contributed by atoms with Gasteiger partial charge in [-0.2, -0.15) is 0 Å². The third kappa shape index (κ3) is 5.43. The van der Waals surface area contributed by atoms with Gasteiger partial charge in [0.25, 0.3) is 0 Å². The van der Waals surface area contributed by atoms with Gasteiger partial charge in [0, 0.05) is 19.5 Å². The Bertz CT molecular complexity index is 1040. The number of hydrogen-bond donors (Lipinski definition) is 2. The number of benzene rings is 2. The number of carbonyl (C=O) groups excluding carboxylic acids is 2. The van der Waals surface area contributed by atoms with E-state index in [0.29, 0.717) is 12.0 Å². The van der Waals surface area contributed by atoms with Gasteiger partial charge in [-0.25, -0.2) is 17.5 Å². The molecule has 0 aliphatic heterocycles. The molecule has 9 heteroatoms.